The van der Waals surface area contributed by atoms with Gasteiger partial charge in [-0.15, -0.1) is 0 Å². The van der Waals surface area contributed by atoms with Crippen LogP contribution in [-0.2, 0) is 11.2 Å². The van der Waals surface area contributed by atoms with Crippen LogP contribution in [0.25, 0.3) is 0 Å². The Kier molecular flexibility index (Phi) is 6.15. The zero-order chi connectivity index (χ0) is 16.0. The average molecular weight is 316 g/mol. The Labute approximate surface area is 130 Å². The summed E-state index contributed by atoms with van der Waals surface area (Å²) < 4.78 is 15.6. The quantitative estimate of drug-likeness (QED) is 0.904. The lowest BCUT2D eigenvalue weighted by molar-refractivity contribution is 0.0528. The van der Waals surface area contributed by atoms with Crippen molar-refractivity contribution in [2.75, 3.05) is 20.8 Å². The van der Waals surface area contributed by atoms with Gasteiger partial charge in [0.2, 0.25) is 0 Å². The molecule has 1 N–H and O–H groups in total. The van der Waals surface area contributed by atoms with E-state index in [1.54, 1.807) is 26.4 Å². The van der Waals surface area contributed by atoms with Crippen molar-refractivity contribution in [2.24, 2.45) is 0 Å². The minimum absolute atomic E-state index is 0.421. The van der Waals surface area contributed by atoms with E-state index in [0.717, 1.165) is 5.56 Å². The topological polar surface area (TPSA) is 56.8 Å². The molecule has 0 aliphatic carbocycles. The summed E-state index contributed by atoms with van der Waals surface area (Å²) in [7, 11) is 3.12. The number of carbonyl (C=O) groups excluding carboxylic acids is 1. The van der Waals surface area contributed by atoms with Crippen molar-refractivity contribution in [1.29, 1.82) is 0 Å². The number of rotatable bonds is 5. The van der Waals surface area contributed by atoms with Gasteiger partial charge in [-0.05, 0) is 38.8 Å². The van der Waals surface area contributed by atoms with Crippen molar-refractivity contribution in [3.8, 4) is 11.5 Å². The third-order valence-electron chi connectivity index (χ3n) is 2.62. The van der Waals surface area contributed by atoms with Crippen LogP contribution in [0.1, 0.15) is 26.3 Å². The van der Waals surface area contributed by atoms with E-state index in [1.165, 1.54) is 0 Å². The first kappa shape index (κ1) is 17.4. The molecule has 1 rings (SSSR count). The second-order valence-electron chi connectivity index (χ2n) is 5.48. The van der Waals surface area contributed by atoms with E-state index in [-0.39, 0.29) is 0 Å². The van der Waals surface area contributed by atoms with Crippen molar-refractivity contribution >= 4 is 17.7 Å². The number of carbonyl (C=O) groups is 1. The lowest BCUT2D eigenvalue weighted by Crippen LogP contribution is -2.33. The molecule has 0 aliphatic heterocycles. The highest BCUT2D eigenvalue weighted by molar-refractivity contribution is 6.31. The Hall–Kier alpha value is -1.62. The van der Waals surface area contributed by atoms with E-state index in [4.69, 9.17) is 25.8 Å². The lowest BCUT2D eigenvalue weighted by atomic mass is 10.1. The van der Waals surface area contributed by atoms with Gasteiger partial charge in [0.15, 0.2) is 11.5 Å². The van der Waals surface area contributed by atoms with Crippen LogP contribution in [0.5, 0.6) is 11.5 Å². The van der Waals surface area contributed by atoms with Gasteiger partial charge in [0.1, 0.15) is 5.60 Å². The minimum Gasteiger partial charge on any atom is -0.493 e. The molecule has 0 saturated heterocycles. The van der Waals surface area contributed by atoms with Crippen molar-refractivity contribution in [3.63, 3.8) is 0 Å². The minimum atomic E-state index is -0.509. The summed E-state index contributed by atoms with van der Waals surface area (Å²) in [6.45, 7) is 5.87. The Bertz CT molecular complexity index is 497. The standard InChI is InChI=1S/C15H22ClNO4/c1-15(2,3)21-14(18)17-7-6-10-8-12(19-4)13(20-5)9-11(10)16/h8-9H,6-7H2,1-5H3,(H,17,18). The molecule has 1 aromatic carbocycles. The molecule has 0 fully saturated rings. The normalized spacial score (nSPS) is 11.0. The molecular weight excluding hydrogens is 294 g/mol. The molecule has 5 nitrogen and oxygen atoms in total. The van der Waals surface area contributed by atoms with Gasteiger partial charge in [-0.1, -0.05) is 11.6 Å². The number of amides is 1. The maximum absolute atomic E-state index is 11.5. The van der Waals surface area contributed by atoms with E-state index in [9.17, 15) is 4.79 Å². The van der Waals surface area contributed by atoms with Crippen molar-refractivity contribution in [3.05, 3.63) is 22.7 Å². The van der Waals surface area contributed by atoms with Crippen LogP contribution in [-0.4, -0.2) is 32.5 Å². The van der Waals surface area contributed by atoms with Crippen LogP contribution in [0.15, 0.2) is 12.1 Å². The van der Waals surface area contributed by atoms with Gasteiger partial charge in [0.05, 0.1) is 14.2 Å². The summed E-state index contributed by atoms with van der Waals surface area (Å²) in [5.74, 6) is 1.18. The van der Waals surface area contributed by atoms with Gasteiger partial charge in [0, 0.05) is 17.6 Å². The third kappa shape index (κ3) is 5.71. The predicted octanol–water partition coefficient (Wildman–Crippen LogP) is 3.42. The van der Waals surface area contributed by atoms with Crippen molar-refractivity contribution in [1.82, 2.24) is 5.32 Å². The molecule has 118 valence electrons. The highest BCUT2D eigenvalue weighted by atomic mass is 35.5. The summed E-state index contributed by atoms with van der Waals surface area (Å²) in [4.78, 5) is 11.5. The smallest absolute Gasteiger partial charge is 0.407 e. The second-order valence-corrected chi connectivity index (χ2v) is 5.88. The van der Waals surface area contributed by atoms with Gasteiger partial charge in [0.25, 0.3) is 0 Å². The summed E-state index contributed by atoms with van der Waals surface area (Å²) in [5.41, 5.74) is 0.357. The van der Waals surface area contributed by atoms with E-state index in [2.05, 4.69) is 5.32 Å². The Balaban J connectivity index is 2.62. The van der Waals surface area contributed by atoms with E-state index < -0.39 is 11.7 Å². The monoisotopic (exact) mass is 315 g/mol. The van der Waals surface area contributed by atoms with Crippen LogP contribution >= 0.6 is 11.6 Å². The fourth-order valence-corrected chi connectivity index (χ4v) is 1.95. The fourth-order valence-electron chi connectivity index (χ4n) is 1.70. The molecule has 0 aromatic heterocycles. The number of ether oxygens (including phenoxy) is 3. The third-order valence-corrected chi connectivity index (χ3v) is 2.97. The molecule has 0 atom stereocenters. The first-order valence-electron chi connectivity index (χ1n) is 6.64. The largest absolute Gasteiger partial charge is 0.493 e. The molecular formula is C15H22ClNO4. The summed E-state index contributed by atoms with van der Waals surface area (Å²) >= 11 is 6.18. The van der Waals surface area contributed by atoms with Gasteiger partial charge >= 0.3 is 6.09 Å². The molecule has 0 radical (unpaired) electrons. The molecule has 0 saturated carbocycles. The Morgan fingerprint density at radius 2 is 1.76 bits per heavy atom. The van der Waals surface area contributed by atoms with Crippen LogP contribution in [0.4, 0.5) is 4.79 Å². The molecule has 0 bridgehead atoms. The molecule has 21 heavy (non-hydrogen) atoms. The molecule has 0 heterocycles. The highest BCUT2D eigenvalue weighted by Gasteiger charge is 2.16. The molecule has 1 amide bonds. The average Bonchev–Trinajstić information content (AvgIpc) is 2.38. The number of hydrogen-bond donors (Lipinski definition) is 1. The highest BCUT2D eigenvalue weighted by Crippen LogP contribution is 2.33. The maximum atomic E-state index is 11.5. The second kappa shape index (κ2) is 7.41. The first-order valence-corrected chi connectivity index (χ1v) is 7.02. The predicted molar refractivity (Wildman–Crippen MR) is 82.5 cm³/mol. The van der Waals surface area contributed by atoms with Crippen molar-refractivity contribution < 1.29 is 19.0 Å². The first-order chi connectivity index (χ1) is 9.76. The number of benzene rings is 1. The summed E-state index contributed by atoms with van der Waals surface area (Å²) in [6, 6.07) is 3.50. The van der Waals surface area contributed by atoms with E-state index in [0.29, 0.717) is 29.5 Å². The van der Waals surface area contributed by atoms with E-state index >= 15 is 0 Å². The van der Waals surface area contributed by atoms with Crippen molar-refractivity contribution in [2.45, 2.75) is 32.8 Å². The molecule has 6 heteroatoms. The van der Waals surface area contributed by atoms with Crippen LogP contribution in [0.2, 0.25) is 5.02 Å². The summed E-state index contributed by atoms with van der Waals surface area (Å²) in [6.07, 6.45) is 0.123. The number of hydrogen-bond acceptors (Lipinski definition) is 4. The molecule has 0 spiro atoms. The molecule has 0 unspecified atom stereocenters. The Morgan fingerprint density at radius 1 is 1.19 bits per heavy atom. The van der Waals surface area contributed by atoms with Crippen LogP contribution < -0.4 is 14.8 Å². The van der Waals surface area contributed by atoms with Gasteiger partial charge in [-0.2, -0.15) is 0 Å². The number of methoxy groups -OCH3 is 2. The van der Waals surface area contributed by atoms with Gasteiger partial charge in [-0.3, -0.25) is 0 Å². The number of alkyl carbamates (subject to hydrolysis) is 1. The molecule has 1 aromatic rings. The summed E-state index contributed by atoms with van der Waals surface area (Å²) in [5, 5.41) is 3.26. The zero-order valence-corrected chi connectivity index (χ0v) is 13.8. The number of nitrogens with one attached hydrogen (secondary N) is 1. The SMILES string of the molecule is COc1cc(Cl)c(CCNC(=O)OC(C)(C)C)cc1OC. The lowest BCUT2D eigenvalue weighted by Gasteiger charge is -2.19. The van der Waals surface area contributed by atoms with Crippen LogP contribution in [0.3, 0.4) is 0 Å². The number of halogens is 1. The van der Waals surface area contributed by atoms with Gasteiger partial charge < -0.3 is 19.5 Å². The van der Waals surface area contributed by atoms with Gasteiger partial charge in [-0.25, -0.2) is 4.79 Å². The Morgan fingerprint density at radius 3 is 2.29 bits per heavy atom. The zero-order valence-electron chi connectivity index (χ0n) is 13.1. The van der Waals surface area contributed by atoms with E-state index in [1.807, 2.05) is 20.8 Å². The fraction of sp³-hybridized carbons (Fsp3) is 0.533. The molecule has 0 aliphatic rings. The maximum Gasteiger partial charge on any atom is 0.407 e. The van der Waals surface area contributed by atoms with Crippen LogP contribution in [0, 0.1) is 0 Å².